The van der Waals surface area contributed by atoms with E-state index < -0.39 is 0 Å². The largest absolute Gasteiger partial charge is 0.378 e. The number of aryl methyl sites for hydroxylation is 1. The number of aromatic nitrogens is 2. The Hall–Kier alpha value is -2.47. The van der Waals surface area contributed by atoms with Crippen LogP contribution in [0.3, 0.4) is 0 Å². The Labute approximate surface area is 160 Å². The number of morpholine rings is 1. The summed E-state index contributed by atoms with van der Waals surface area (Å²) in [6.07, 6.45) is 2.27. The lowest BCUT2D eigenvalue weighted by Crippen LogP contribution is -2.37. The lowest BCUT2D eigenvalue weighted by molar-refractivity contribution is -0.117. The molecule has 2 aromatic rings. The zero-order valence-corrected chi connectivity index (χ0v) is 15.8. The molecule has 142 valence electrons. The van der Waals surface area contributed by atoms with Crippen molar-refractivity contribution in [2.45, 2.75) is 26.2 Å². The number of rotatable bonds is 5. The number of para-hydroxylation sites is 1. The molecule has 0 bridgehead atoms. The van der Waals surface area contributed by atoms with E-state index in [-0.39, 0.29) is 11.8 Å². The highest BCUT2D eigenvalue weighted by Crippen LogP contribution is 2.27. The van der Waals surface area contributed by atoms with Crippen LogP contribution in [0, 0.1) is 5.92 Å². The summed E-state index contributed by atoms with van der Waals surface area (Å²) in [5.74, 6) is 1.29. The number of carbonyl (C=O) groups is 1. The zero-order valence-electron chi connectivity index (χ0n) is 15.8. The molecule has 0 aliphatic carbocycles. The third-order valence-corrected chi connectivity index (χ3v) is 5.25. The maximum absolute atomic E-state index is 12.5. The summed E-state index contributed by atoms with van der Waals surface area (Å²) >= 11 is 0. The van der Waals surface area contributed by atoms with Crippen LogP contribution in [-0.2, 0) is 22.4 Å². The first-order valence-corrected chi connectivity index (χ1v) is 9.78. The van der Waals surface area contributed by atoms with Gasteiger partial charge in [0.25, 0.3) is 0 Å². The third kappa shape index (κ3) is 4.11. The standard InChI is InChI=1S/C21H26N4O2/c1-2-17-14-18(23-21(22-17)24-8-10-27-11-9-24)12-16-13-20(26)25(15-16)19-6-4-3-5-7-19/h3-7,14,16H,2,8-13,15H2,1H3. The molecule has 0 radical (unpaired) electrons. The molecule has 6 nitrogen and oxygen atoms in total. The fraction of sp³-hybridized carbons (Fsp3) is 0.476. The van der Waals surface area contributed by atoms with Gasteiger partial charge in [0.2, 0.25) is 11.9 Å². The van der Waals surface area contributed by atoms with Crippen molar-refractivity contribution in [1.82, 2.24) is 9.97 Å². The van der Waals surface area contributed by atoms with Gasteiger partial charge in [-0.05, 0) is 37.0 Å². The van der Waals surface area contributed by atoms with E-state index >= 15 is 0 Å². The van der Waals surface area contributed by atoms with Crippen LogP contribution < -0.4 is 9.80 Å². The van der Waals surface area contributed by atoms with Crippen molar-refractivity contribution in [3.05, 3.63) is 47.8 Å². The maximum atomic E-state index is 12.5. The molecule has 1 atom stereocenters. The van der Waals surface area contributed by atoms with E-state index in [1.807, 2.05) is 35.2 Å². The summed E-state index contributed by atoms with van der Waals surface area (Å²) < 4.78 is 5.44. The van der Waals surface area contributed by atoms with E-state index in [0.717, 1.165) is 68.7 Å². The van der Waals surface area contributed by atoms with Gasteiger partial charge in [0.1, 0.15) is 0 Å². The summed E-state index contributed by atoms with van der Waals surface area (Å²) in [7, 11) is 0. The van der Waals surface area contributed by atoms with Gasteiger partial charge in [0.05, 0.1) is 13.2 Å². The highest BCUT2D eigenvalue weighted by atomic mass is 16.5. The van der Waals surface area contributed by atoms with Crippen LogP contribution in [0.15, 0.2) is 36.4 Å². The van der Waals surface area contributed by atoms with Crippen LogP contribution >= 0.6 is 0 Å². The number of amides is 1. The fourth-order valence-corrected chi connectivity index (χ4v) is 3.80. The van der Waals surface area contributed by atoms with Crippen LogP contribution in [0.4, 0.5) is 11.6 Å². The van der Waals surface area contributed by atoms with Gasteiger partial charge in [-0.2, -0.15) is 0 Å². The molecule has 27 heavy (non-hydrogen) atoms. The van der Waals surface area contributed by atoms with Crippen molar-refractivity contribution in [3.8, 4) is 0 Å². The van der Waals surface area contributed by atoms with Gasteiger partial charge < -0.3 is 14.5 Å². The molecular formula is C21H26N4O2. The molecule has 1 unspecified atom stereocenters. The molecule has 1 amide bonds. The zero-order chi connectivity index (χ0) is 18.6. The van der Waals surface area contributed by atoms with Gasteiger partial charge in [-0.25, -0.2) is 9.97 Å². The van der Waals surface area contributed by atoms with E-state index in [0.29, 0.717) is 6.42 Å². The summed E-state index contributed by atoms with van der Waals surface area (Å²) in [5, 5.41) is 0. The smallest absolute Gasteiger partial charge is 0.227 e. The third-order valence-electron chi connectivity index (χ3n) is 5.25. The molecule has 2 fully saturated rings. The Bertz CT molecular complexity index is 790. The van der Waals surface area contributed by atoms with E-state index in [9.17, 15) is 4.79 Å². The number of hydrogen-bond donors (Lipinski definition) is 0. The summed E-state index contributed by atoms with van der Waals surface area (Å²) in [6, 6.07) is 12.0. The molecule has 0 saturated carbocycles. The molecule has 3 heterocycles. The monoisotopic (exact) mass is 366 g/mol. The van der Waals surface area contributed by atoms with Crippen LogP contribution in [0.1, 0.15) is 24.7 Å². The first kappa shape index (κ1) is 17.9. The number of ether oxygens (including phenoxy) is 1. The molecule has 2 aliphatic rings. The van der Waals surface area contributed by atoms with Gasteiger partial charge >= 0.3 is 0 Å². The Kier molecular flexibility index (Phi) is 5.34. The Morgan fingerprint density at radius 2 is 1.85 bits per heavy atom. The Morgan fingerprint density at radius 1 is 1.11 bits per heavy atom. The van der Waals surface area contributed by atoms with Crippen LogP contribution in [-0.4, -0.2) is 48.7 Å². The Morgan fingerprint density at radius 3 is 2.59 bits per heavy atom. The van der Waals surface area contributed by atoms with Gasteiger partial charge in [0.15, 0.2) is 0 Å². The second-order valence-corrected chi connectivity index (χ2v) is 7.22. The van der Waals surface area contributed by atoms with Gasteiger partial charge in [-0.15, -0.1) is 0 Å². The molecular weight excluding hydrogens is 340 g/mol. The minimum Gasteiger partial charge on any atom is -0.378 e. The topological polar surface area (TPSA) is 58.6 Å². The van der Waals surface area contributed by atoms with Crippen LogP contribution in [0.5, 0.6) is 0 Å². The molecule has 6 heteroatoms. The van der Waals surface area contributed by atoms with E-state index in [2.05, 4.69) is 17.9 Å². The number of nitrogens with zero attached hydrogens (tertiary/aromatic N) is 4. The average molecular weight is 366 g/mol. The maximum Gasteiger partial charge on any atom is 0.227 e. The minimum absolute atomic E-state index is 0.198. The van der Waals surface area contributed by atoms with Gasteiger partial charge in [-0.1, -0.05) is 25.1 Å². The van der Waals surface area contributed by atoms with Crippen molar-refractivity contribution < 1.29 is 9.53 Å². The fourth-order valence-electron chi connectivity index (χ4n) is 3.80. The summed E-state index contributed by atoms with van der Waals surface area (Å²) in [6.45, 7) is 5.97. The van der Waals surface area contributed by atoms with Crippen molar-refractivity contribution in [1.29, 1.82) is 0 Å². The van der Waals surface area contributed by atoms with E-state index in [1.165, 1.54) is 0 Å². The molecule has 2 saturated heterocycles. The second-order valence-electron chi connectivity index (χ2n) is 7.22. The van der Waals surface area contributed by atoms with Crippen molar-refractivity contribution in [3.63, 3.8) is 0 Å². The van der Waals surface area contributed by atoms with Gasteiger partial charge in [0, 0.05) is 43.1 Å². The summed E-state index contributed by atoms with van der Waals surface area (Å²) in [5.41, 5.74) is 3.08. The van der Waals surface area contributed by atoms with Crippen LogP contribution in [0.25, 0.3) is 0 Å². The molecule has 2 aliphatic heterocycles. The average Bonchev–Trinajstić information content (AvgIpc) is 3.09. The molecule has 0 spiro atoms. The van der Waals surface area contributed by atoms with E-state index in [4.69, 9.17) is 14.7 Å². The quantitative estimate of drug-likeness (QED) is 0.814. The SMILES string of the molecule is CCc1cc(CC2CC(=O)N(c3ccccc3)C2)nc(N2CCOCC2)n1. The lowest BCUT2D eigenvalue weighted by atomic mass is 10.0. The van der Waals surface area contributed by atoms with Gasteiger partial charge in [-0.3, -0.25) is 4.79 Å². The first-order valence-electron chi connectivity index (χ1n) is 9.78. The first-order chi connectivity index (χ1) is 13.2. The number of anilines is 2. The molecule has 1 aromatic heterocycles. The normalized spacial score (nSPS) is 20.3. The predicted molar refractivity (Wildman–Crippen MR) is 105 cm³/mol. The highest BCUT2D eigenvalue weighted by molar-refractivity contribution is 5.95. The summed E-state index contributed by atoms with van der Waals surface area (Å²) in [4.78, 5) is 26.1. The second kappa shape index (κ2) is 8.05. The van der Waals surface area contributed by atoms with Crippen molar-refractivity contribution in [2.24, 2.45) is 5.92 Å². The van der Waals surface area contributed by atoms with Crippen molar-refractivity contribution >= 4 is 17.5 Å². The van der Waals surface area contributed by atoms with Crippen molar-refractivity contribution in [2.75, 3.05) is 42.6 Å². The number of carbonyl (C=O) groups excluding carboxylic acids is 1. The number of benzene rings is 1. The number of hydrogen-bond acceptors (Lipinski definition) is 5. The van der Waals surface area contributed by atoms with Crippen LogP contribution in [0.2, 0.25) is 0 Å². The predicted octanol–water partition coefficient (Wildman–Crippen LogP) is 2.47. The highest BCUT2D eigenvalue weighted by Gasteiger charge is 2.31. The Balaban J connectivity index is 1.49. The van der Waals surface area contributed by atoms with E-state index in [1.54, 1.807) is 0 Å². The minimum atomic E-state index is 0.198. The lowest BCUT2D eigenvalue weighted by Gasteiger charge is -2.27. The molecule has 1 aromatic carbocycles. The molecule has 0 N–H and O–H groups in total. The molecule has 4 rings (SSSR count).